The number of amides is 1. The van der Waals surface area contributed by atoms with Crippen molar-refractivity contribution in [1.82, 2.24) is 5.43 Å². The number of benzene rings is 1. The minimum Gasteiger partial charge on any atom is -0.742 e. The maximum Gasteiger partial charge on any atom is 0.272 e. The van der Waals surface area contributed by atoms with Gasteiger partial charge >= 0.3 is 0 Å². The van der Waals surface area contributed by atoms with Crippen LogP contribution >= 0.6 is 11.6 Å². The molecule has 0 atom stereocenters. The third kappa shape index (κ3) is 3.91. The summed E-state index contributed by atoms with van der Waals surface area (Å²) in [5, 5.41) is 3.13. The van der Waals surface area contributed by atoms with Crippen molar-refractivity contribution in [2.45, 2.75) is 5.09 Å². The van der Waals surface area contributed by atoms with E-state index in [1.807, 2.05) is 0 Å². The molecule has 2 rings (SSSR count). The lowest BCUT2D eigenvalue weighted by Gasteiger charge is -2.01. The van der Waals surface area contributed by atoms with Crippen molar-refractivity contribution in [2.75, 3.05) is 0 Å². The van der Waals surface area contributed by atoms with E-state index in [1.165, 1.54) is 12.1 Å². The average Bonchev–Trinajstić information content (AvgIpc) is 2.88. The van der Waals surface area contributed by atoms with E-state index in [0.29, 0.717) is 0 Å². The molecule has 0 aliphatic heterocycles. The van der Waals surface area contributed by atoms with Gasteiger partial charge in [0.25, 0.3) is 5.91 Å². The van der Waals surface area contributed by atoms with Gasteiger partial charge in [-0.1, -0.05) is 23.7 Å². The van der Waals surface area contributed by atoms with Crippen LogP contribution in [0.1, 0.15) is 16.1 Å². The second-order valence-electron chi connectivity index (χ2n) is 3.79. The molecule has 9 heteroatoms. The molecule has 1 aromatic heterocycles. The van der Waals surface area contributed by atoms with E-state index >= 15 is 0 Å². The zero-order valence-corrected chi connectivity index (χ0v) is 11.9. The van der Waals surface area contributed by atoms with Gasteiger partial charge in [-0.25, -0.2) is 13.8 Å². The van der Waals surface area contributed by atoms with Crippen molar-refractivity contribution in [3.8, 4) is 0 Å². The molecule has 0 saturated carbocycles. The molecule has 21 heavy (non-hydrogen) atoms. The summed E-state index contributed by atoms with van der Waals surface area (Å²) in [4.78, 5) is 11.7. The lowest BCUT2D eigenvalue weighted by molar-refractivity contribution is 0.0955. The van der Waals surface area contributed by atoms with E-state index in [2.05, 4.69) is 10.5 Å². The summed E-state index contributed by atoms with van der Waals surface area (Å²) in [5.74, 6) is -0.538. The summed E-state index contributed by atoms with van der Waals surface area (Å²) in [6, 6.07) is 8.62. The number of nitrogens with zero attached hydrogens (tertiary/aromatic N) is 1. The first-order chi connectivity index (χ1) is 9.88. The molecule has 1 amide bonds. The zero-order chi connectivity index (χ0) is 15.5. The first-order valence-corrected chi connectivity index (χ1v) is 7.30. The third-order valence-corrected chi connectivity index (χ3v) is 3.37. The maximum atomic E-state index is 11.7. The Morgan fingerprint density at radius 1 is 1.29 bits per heavy atom. The summed E-state index contributed by atoms with van der Waals surface area (Å²) in [6.07, 6.45) is 1.06. The molecule has 2 aromatic rings. The van der Waals surface area contributed by atoms with Gasteiger partial charge in [-0.2, -0.15) is 5.10 Å². The van der Waals surface area contributed by atoms with Crippen molar-refractivity contribution in [3.63, 3.8) is 0 Å². The van der Waals surface area contributed by atoms with Gasteiger partial charge in [-0.15, -0.1) is 0 Å². The van der Waals surface area contributed by atoms with Crippen LogP contribution in [0, 0.1) is 0 Å². The Morgan fingerprint density at radius 2 is 2.00 bits per heavy atom. The van der Waals surface area contributed by atoms with Crippen molar-refractivity contribution >= 4 is 33.8 Å². The van der Waals surface area contributed by atoms with E-state index in [9.17, 15) is 17.8 Å². The van der Waals surface area contributed by atoms with Gasteiger partial charge in [-0.3, -0.25) is 4.79 Å². The fourth-order valence-electron chi connectivity index (χ4n) is 1.40. The molecule has 0 aliphatic rings. The molecule has 1 heterocycles. The first kappa shape index (κ1) is 15.2. The number of hydrogen-bond acceptors (Lipinski definition) is 6. The summed E-state index contributed by atoms with van der Waals surface area (Å²) < 4.78 is 36.7. The molecule has 0 radical (unpaired) electrons. The Morgan fingerprint density at radius 3 is 2.62 bits per heavy atom. The molecule has 0 fully saturated rings. The predicted molar refractivity (Wildman–Crippen MR) is 73.2 cm³/mol. The fraction of sp³-hybridized carbons (Fsp3) is 0. The van der Waals surface area contributed by atoms with Crippen LogP contribution in [0.4, 0.5) is 0 Å². The monoisotopic (exact) mass is 327 g/mol. The van der Waals surface area contributed by atoms with Gasteiger partial charge < -0.3 is 8.97 Å². The largest absolute Gasteiger partial charge is 0.742 e. The quantitative estimate of drug-likeness (QED) is 0.520. The molecular weight excluding hydrogens is 320 g/mol. The molecule has 0 spiro atoms. The van der Waals surface area contributed by atoms with Crippen LogP contribution in [0.5, 0.6) is 0 Å². The minimum atomic E-state index is -4.66. The van der Waals surface area contributed by atoms with Gasteiger partial charge in [0, 0.05) is 0 Å². The number of nitrogens with one attached hydrogen (secondary N) is 1. The first-order valence-electron chi connectivity index (χ1n) is 5.51. The van der Waals surface area contributed by atoms with Gasteiger partial charge in [0.15, 0.2) is 10.1 Å². The molecule has 7 nitrogen and oxygen atoms in total. The number of hydrazone groups is 1. The Labute approximate surface area is 125 Å². The Kier molecular flexibility index (Phi) is 4.41. The molecule has 0 unspecified atom stereocenters. The van der Waals surface area contributed by atoms with Crippen molar-refractivity contribution < 1.29 is 22.2 Å². The predicted octanol–water partition coefficient (Wildman–Crippen LogP) is 1.60. The molecule has 0 aliphatic carbocycles. The Balaban J connectivity index is 2.05. The van der Waals surface area contributed by atoms with Crippen LogP contribution < -0.4 is 5.43 Å². The highest BCUT2D eigenvalue weighted by Crippen LogP contribution is 2.14. The lowest BCUT2D eigenvalue weighted by Crippen LogP contribution is -2.17. The SMILES string of the molecule is O=C(NN=Cc1ccc(S(=O)(=O)[O-])o1)c1ccccc1Cl. The number of halogens is 1. The van der Waals surface area contributed by atoms with Gasteiger partial charge in [-0.05, 0) is 24.3 Å². The zero-order valence-electron chi connectivity index (χ0n) is 10.3. The molecule has 110 valence electrons. The Hall–Kier alpha value is -2.16. The second kappa shape index (κ2) is 6.08. The highest BCUT2D eigenvalue weighted by molar-refractivity contribution is 7.85. The summed E-state index contributed by atoms with van der Waals surface area (Å²) in [5.41, 5.74) is 2.43. The van der Waals surface area contributed by atoms with Crippen LogP contribution in [-0.2, 0) is 10.1 Å². The number of carbonyl (C=O) groups is 1. The standard InChI is InChI=1S/C12H9ClN2O5S/c13-10-4-2-1-3-9(10)12(16)15-14-7-8-5-6-11(20-8)21(17,18)19/h1-7H,(H,15,16)(H,17,18,19)/p-1. The average molecular weight is 328 g/mol. The smallest absolute Gasteiger partial charge is 0.272 e. The summed E-state index contributed by atoms with van der Waals surface area (Å²) in [7, 11) is -4.66. The Bertz CT molecular complexity index is 797. The van der Waals surface area contributed by atoms with Crippen LogP contribution in [0.2, 0.25) is 5.02 Å². The van der Waals surface area contributed by atoms with Crippen molar-refractivity contribution in [1.29, 1.82) is 0 Å². The van der Waals surface area contributed by atoms with E-state index in [0.717, 1.165) is 12.3 Å². The van der Waals surface area contributed by atoms with Crippen LogP contribution in [-0.4, -0.2) is 25.1 Å². The maximum absolute atomic E-state index is 11.7. The minimum absolute atomic E-state index is 0.00360. The topological polar surface area (TPSA) is 112 Å². The fourth-order valence-corrected chi connectivity index (χ4v) is 2.05. The molecule has 0 bridgehead atoms. The third-order valence-electron chi connectivity index (χ3n) is 2.32. The molecule has 1 aromatic carbocycles. The van der Waals surface area contributed by atoms with Crippen molar-refractivity contribution in [2.24, 2.45) is 5.10 Å². The van der Waals surface area contributed by atoms with Crippen LogP contribution in [0.25, 0.3) is 0 Å². The highest BCUT2D eigenvalue weighted by atomic mass is 35.5. The molecule has 0 saturated heterocycles. The van der Waals surface area contributed by atoms with Gasteiger partial charge in [0.2, 0.25) is 5.09 Å². The number of furan rings is 1. The van der Waals surface area contributed by atoms with E-state index in [1.54, 1.807) is 18.2 Å². The normalized spacial score (nSPS) is 11.7. The molecular formula is C12H8ClN2O5S-. The van der Waals surface area contributed by atoms with Gasteiger partial charge in [0.05, 0.1) is 16.8 Å². The van der Waals surface area contributed by atoms with Crippen LogP contribution in [0.3, 0.4) is 0 Å². The molecule has 1 N–H and O–H groups in total. The number of rotatable bonds is 4. The van der Waals surface area contributed by atoms with E-state index < -0.39 is 21.1 Å². The van der Waals surface area contributed by atoms with Gasteiger partial charge in [0.1, 0.15) is 5.76 Å². The highest BCUT2D eigenvalue weighted by Gasteiger charge is 2.09. The van der Waals surface area contributed by atoms with E-state index in [4.69, 9.17) is 16.0 Å². The second-order valence-corrected chi connectivity index (χ2v) is 5.51. The van der Waals surface area contributed by atoms with Crippen LogP contribution in [0.15, 0.2) is 51.0 Å². The summed E-state index contributed by atoms with van der Waals surface area (Å²) >= 11 is 5.84. The van der Waals surface area contributed by atoms with Crippen molar-refractivity contribution in [3.05, 3.63) is 52.7 Å². The summed E-state index contributed by atoms with van der Waals surface area (Å²) in [6.45, 7) is 0. The number of hydrogen-bond donors (Lipinski definition) is 1. The van der Waals surface area contributed by atoms with E-state index in [-0.39, 0.29) is 16.3 Å². The number of carbonyl (C=O) groups excluding carboxylic acids is 1. The lowest BCUT2D eigenvalue weighted by atomic mass is 10.2.